The van der Waals surface area contributed by atoms with Gasteiger partial charge in [-0.25, -0.2) is 4.39 Å². The molecule has 1 saturated heterocycles. The Balaban J connectivity index is 1.79. The van der Waals surface area contributed by atoms with Gasteiger partial charge in [0.05, 0.1) is 18.7 Å². The van der Waals surface area contributed by atoms with Gasteiger partial charge in [-0.2, -0.15) is 0 Å². The fourth-order valence-electron chi connectivity index (χ4n) is 2.45. The van der Waals surface area contributed by atoms with Crippen molar-refractivity contribution < 1.29 is 13.9 Å². The van der Waals surface area contributed by atoms with Crippen molar-refractivity contribution in [3.8, 4) is 0 Å². The van der Waals surface area contributed by atoms with Gasteiger partial charge in [-0.1, -0.05) is 12.1 Å². The highest BCUT2D eigenvalue weighted by atomic mass is 19.1. The number of nitrogens with zero attached hydrogens (tertiary/aromatic N) is 1. The number of carbonyl (C=O) groups excluding carboxylic acids is 1. The zero-order valence-electron chi connectivity index (χ0n) is 12.6. The molecule has 1 heterocycles. The fourth-order valence-corrected chi connectivity index (χ4v) is 2.45. The highest BCUT2D eigenvalue weighted by Crippen LogP contribution is 2.19. The fraction of sp³-hybridized carbons (Fsp3) is 0.562. The van der Waals surface area contributed by atoms with Crippen LogP contribution in [0.25, 0.3) is 0 Å². The van der Waals surface area contributed by atoms with Crippen LogP contribution in [0.3, 0.4) is 0 Å². The van der Waals surface area contributed by atoms with Crippen LogP contribution in [0.2, 0.25) is 0 Å². The van der Waals surface area contributed by atoms with Crippen molar-refractivity contribution in [3.05, 3.63) is 35.6 Å². The summed E-state index contributed by atoms with van der Waals surface area (Å²) in [6.07, 6.45) is 2.39. The van der Waals surface area contributed by atoms with Crippen molar-refractivity contribution in [1.82, 2.24) is 10.2 Å². The molecule has 2 unspecified atom stereocenters. The first-order valence-electron chi connectivity index (χ1n) is 7.41. The van der Waals surface area contributed by atoms with Crippen molar-refractivity contribution in [2.24, 2.45) is 0 Å². The molecular weight excluding hydrogens is 271 g/mol. The summed E-state index contributed by atoms with van der Waals surface area (Å²) in [5, 5.41) is 3.15. The van der Waals surface area contributed by atoms with E-state index in [2.05, 4.69) is 5.32 Å². The van der Waals surface area contributed by atoms with Crippen LogP contribution in [0, 0.1) is 5.82 Å². The zero-order chi connectivity index (χ0) is 15.2. The van der Waals surface area contributed by atoms with E-state index in [1.54, 1.807) is 24.1 Å². The molecule has 1 fully saturated rings. The normalized spacial score (nSPS) is 19.5. The van der Waals surface area contributed by atoms with Gasteiger partial charge in [-0.15, -0.1) is 0 Å². The zero-order valence-corrected chi connectivity index (χ0v) is 12.6. The maximum absolute atomic E-state index is 12.9. The first-order chi connectivity index (χ1) is 10.1. The minimum Gasteiger partial charge on any atom is -0.377 e. The van der Waals surface area contributed by atoms with Crippen LogP contribution in [0.1, 0.15) is 31.4 Å². The van der Waals surface area contributed by atoms with Gasteiger partial charge in [-0.05, 0) is 37.5 Å². The average Bonchev–Trinajstić information content (AvgIpc) is 2.99. The second kappa shape index (κ2) is 7.52. The first kappa shape index (κ1) is 15.9. The largest absolute Gasteiger partial charge is 0.377 e. The lowest BCUT2D eigenvalue weighted by Crippen LogP contribution is -2.39. The lowest BCUT2D eigenvalue weighted by atomic mass is 10.1. The van der Waals surface area contributed by atoms with Crippen molar-refractivity contribution >= 4 is 5.91 Å². The van der Waals surface area contributed by atoms with Gasteiger partial charge < -0.3 is 15.0 Å². The molecule has 0 radical (unpaired) electrons. The molecule has 0 aromatic heterocycles. The van der Waals surface area contributed by atoms with Crippen molar-refractivity contribution in [1.29, 1.82) is 0 Å². The number of benzene rings is 1. The predicted octanol–water partition coefficient (Wildman–Crippen LogP) is 2.11. The van der Waals surface area contributed by atoms with E-state index >= 15 is 0 Å². The number of hydrogen-bond acceptors (Lipinski definition) is 3. The molecule has 5 heteroatoms. The van der Waals surface area contributed by atoms with Crippen LogP contribution < -0.4 is 5.32 Å². The highest BCUT2D eigenvalue weighted by Gasteiger charge is 2.19. The molecule has 1 aliphatic heterocycles. The van der Waals surface area contributed by atoms with E-state index in [9.17, 15) is 9.18 Å². The smallest absolute Gasteiger partial charge is 0.236 e. The van der Waals surface area contributed by atoms with E-state index in [1.807, 2.05) is 6.92 Å². The van der Waals surface area contributed by atoms with E-state index in [1.165, 1.54) is 12.1 Å². The molecule has 1 N–H and O–H groups in total. The number of amides is 1. The number of nitrogens with one attached hydrogen (secondary N) is 1. The summed E-state index contributed by atoms with van der Waals surface area (Å²) >= 11 is 0. The Hall–Kier alpha value is -1.46. The van der Waals surface area contributed by atoms with Gasteiger partial charge in [0.15, 0.2) is 0 Å². The molecule has 2 atom stereocenters. The van der Waals surface area contributed by atoms with Crippen LogP contribution in [0.5, 0.6) is 0 Å². The minimum absolute atomic E-state index is 0.0184. The Labute approximate surface area is 125 Å². The quantitative estimate of drug-likeness (QED) is 0.874. The summed E-state index contributed by atoms with van der Waals surface area (Å²) in [4.78, 5) is 13.8. The molecule has 0 aliphatic carbocycles. The summed E-state index contributed by atoms with van der Waals surface area (Å²) in [7, 11) is 1.77. The van der Waals surface area contributed by atoms with Crippen molar-refractivity contribution in [3.63, 3.8) is 0 Å². The Morgan fingerprint density at radius 3 is 2.81 bits per heavy atom. The summed E-state index contributed by atoms with van der Waals surface area (Å²) < 4.78 is 18.4. The van der Waals surface area contributed by atoms with E-state index in [4.69, 9.17) is 4.74 Å². The van der Waals surface area contributed by atoms with Gasteiger partial charge >= 0.3 is 0 Å². The van der Waals surface area contributed by atoms with E-state index in [0.29, 0.717) is 13.1 Å². The molecular formula is C16H23FN2O2. The molecule has 1 amide bonds. The maximum atomic E-state index is 12.9. The third-order valence-electron chi connectivity index (χ3n) is 4.00. The number of hydrogen-bond donors (Lipinski definition) is 1. The number of ether oxygens (including phenoxy) is 1. The Morgan fingerprint density at radius 1 is 1.48 bits per heavy atom. The van der Waals surface area contributed by atoms with Gasteiger partial charge in [0, 0.05) is 20.2 Å². The lowest BCUT2D eigenvalue weighted by Gasteiger charge is -2.25. The van der Waals surface area contributed by atoms with Crippen LogP contribution in [0.4, 0.5) is 4.39 Å². The van der Waals surface area contributed by atoms with Crippen LogP contribution >= 0.6 is 0 Å². The van der Waals surface area contributed by atoms with Gasteiger partial charge in [0.1, 0.15) is 5.82 Å². The van der Waals surface area contributed by atoms with E-state index < -0.39 is 0 Å². The third kappa shape index (κ3) is 4.51. The third-order valence-corrected chi connectivity index (χ3v) is 4.00. The van der Waals surface area contributed by atoms with Crippen LogP contribution in [-0.4, -0.2) is 43.7 Å². The second-order valence-corrected chi connectivity index (χ2v) is 5.50. The number of halogens is 1. The second-order valence-electron chi connectivity index (χ2n) is 5.50. The summed E-state index contributed by atoms with van der Waals surface area (Å²) in [5.41, 5.74) is 0.923. The first-order valence-corrected chi connectivity index (χ1v) is 7.41. The molecule has 21 heavy (non-hydrogen) atoms. The topological polar surface area (TPSA) is 41.6 Å². The van der Waals surface area contributed by atoms with Crippen molar-refractivity contribution in [2.75, 3.05) is 26.7 Å². The Morgan fingerprint density at radius 2 is 2.19 bits per heavy atom. The molecule has 4 nitrogen and oxygen atoms in total. The van der Waals surface area contributed by atoms with E-state index in [0.717, 1.165) is 25.0 Å². The van der Waals surface area contributed by atoms with Crippen molar-refractivity contribution in [2.45, 2.75) is 31.9 Å². The molecule has 116 valence electrons. The molecule has 1 aliphatic rings. The summed E-state index contributed by atoms with van der Waals surface area (Å²) in [6.45, 7) is 3.76. The summed E-state index contributed by atoms with van der Waals surface area (Å²) in [5.74, 6) is -0.247. The number of carbonyl (C=O) groups is 1. The molecule has 0 spiro atoms. The standard InChI is InChI=1S/C16H23FN2O2/c1-12(13-5-7-14(17)8-6-13)19(2)16(20)11-18-10-15-4-3-9-21-15/h5-8,12,15,18H,3-4,9-11H2,1-2H3. The lowest BCUT2D eigenvalue weighted by molar-refractivity contribution is -0.130. The monoisotopic (exact) mass is 294 g/mol. The van der Waals surface area contributed by atoms with E-state index in [-0.39, 0.29) is 23.9 Å². The SMILES string of the molecule is CC(c1ccc(F)cc1)N(C)C(=O)CNCC1CCCO1. The van der Waals surface area contributed by atoms with Crippen LogP contribution in [-0.2, 0) is 9.53 Å². The number of likely N-dealkylation sites (N-methyl/N-ethyl adjacent to an activating group) is 1. The van der Waals surface area contributed by atoms with Gasteiger partial charge in [0.2, 0.25) is 5.91 Å². The Bertz CT molecular complexity index is 458. The molecule has 1 aromatic carbocycles. The molecule has 0 bridgehead atoms. The average molecular weight is 294 g/mol. The predicted molar refractivity (Wildman–Crippen MR) is 79.4 cm³/mol. The molecule has 2 rings (SSSR count). The number of rotatable bonds is 6. The minimum atomic E-state index is -0.266. The van der Waals surface area contributed by atoms with Gasteiger partial charge in [-0.3, -0.25) is 4.79 Å². The highest BCUT2D eigenvalue weighted by molar-refractivity contribution is 5.78. The molecule has 0 saturated carbocycles. The Kier molecular flexibility index (Phi) is 5.70. The molecule has 1 aromatic rings. The maximum Gasteiger partial charge on any atom is 0.236 e. The van der Waals surface area contributed by atoms with Crippen LogP contribution in [0.15, 0.2) is 24.3 Å². The summed E-state index contributed by atoms with van der Waals surface area (Å²) in [6, 6.07) is 6.18. The van der Waals surface area contributed by atoms with Gasteiger partial charge in [0.25, 0.3) is 0 Å².